The zero-order valence-electron chi connectivity index (χ0n) is 15.3. The molecule has 1 aliphatic heterocycles. The van der Waals surface area contributed by atoms with Gasteiger partial charge in [-0.15, -0.1) is 0 Å². The number of hydrogen-bond acceptors (Lipinski definition) is 4. The average Bonchev–Trinajstić information content (AvgIpc) is 2.63. The fourth-order valence-electron chi connectivity index (χ4n) is 3.26. The third-order valence-corrected chi connectivity index (χ3v) is 4.25. The first-order chi connectivity index (χ1) is 12.6. The molecule has 5 nitrogen and oxygen atoms in total. The lowest BCUT2D eigenvalue weighted by atomic mass is 10.0. The predicted molar refractivity (Wildman–Crippen MR) is 103 cm³/mol. The number of hydrogen-bond donors (Lipinski definition) is 1. The van der Waals surface area contributed by atoms with E-state index in [1.807, 2.05) is 74.5 Å². The monoisotopic (exact) mass is 351 g/mol. The number of carbonyl (C=O) groups is 1. The van der Waals surface area contributed by atoms with Crippen molar-refractivity contribution in [1.82, 2.24) is 10.3 Å². The SMILES string of the molecule is C[C@H]1CN(CC(=O)NN=C(c2ccccc2)c2ccccc2)C[C@H](C)O1. The molecule has 26 heavy (non-hydrogen) atoms. The number of nitrogens with one attached hydrogen (secondary N) is 1. The van der Waals surface area contributed by atoms with Gasteiger partial charge in [-0.25, -0.2) is 5.43 Å². The Kier molecular flexibility index (Phi) is 6.15. The number of morpholine rings is 1. The molecule has 3 rings (SSSR count). The lowest BCUT2D eigenvalue weighted by Gasteiger charge is -2.34. The largest absolute Gasteiger partial charge is 0.373 e. The molecule has 2 aromatic rings. The summed E-state index contributed by atoms with van der Waals surface area (Å²) in [5, 5.41) is 4.43. The van der Waals surface area contributed by atoms with Crippen molar-refractivity contribution >= 4 is 11.6 Å². The van der Waals surface area contributed by atoms with Crippen molar-refractivity contribution in [3.05, 3.63) is 71.8 Å². The third-order valence-electron chi connectivity index (χ3n) is 4.25. The molecule has 1 heterocycles. The van der Waals surface area contributed by atoms with Crippen LogP contribution in [0.5, 0.6) is 0 Å². The normalized spacial score (nSPS) is 20.4. The Hall–Kier alpha value is -2.50. The molecular formula is C21H25N3O2. The second-order valence-electron chi connectivity index (χ2n) is 6.68. The zero-order chi connectivity index (χ0) is 18.4. The number of carbonyl (C=O) groups excluding carboxylic acids is 1. The fraction of sp³-hybridized carbons (Fsp3) is 0.333. The van der Waals surface area contributed by atoms with Crippen molar-refractivity contribution in [2.75, 3.05) is 19.6 Å². The van der Waals surface area contributed by atoms with E-state index in [9.17, 15) is 4.79 Å². The van der Waals surface area contributed by atoms with Gasteiger partial charge in [0.05, 0.1) is 24.5 Å². The quantitative estimate of drug-likeness (QED) is 0.666. The Morgan fingerprint density at radius 3 is 2.00 bits per heavy atom. The molecule has 0 bridgehead atoms. The van der Waals surface area contributed by atoms with Gasteiger partial charge < -0.3 is 4.74 Å². The maximum absolute atomic E-state index is 12.4. The molecule has 1 amide bonds. The lowest BCUT2D eigenvalue weighted by Crippen LogP contribution is -2.48. The molecule has 1 N–H and O–H groups in total. The molecular weight excluding hydrogens is 326 g/mol. The van der Waals surface area contributed by atoms with Crippen LogP contribution in [0.25, 0.3) is 0 Å². The summed E-state index contributed by atoms with van der Waals surface area (Å²) in [4.78, 5) is 14.5. The predicted octanol–water partition coefficient (Wildman–Crippen LogP) is 2.66. The minimum absolute atomic E-state index is 0.115. The van der Waals surface area contributed by atoms with Crippen LogP contribution in [0, 0.1) is 0 Å². The highest BCUT2D eigenvalue weighted by Crippen LogP contribution is 2.11. The topological polar surface area (TPSA) is 53.9 Å². The number of nitrogens with zero attached hydrogens (tertiary/aromatic N) is 2. The fourth-order valence-corrected chi connectivity index (χ4v) is 3.26. The maximum atomic E-state index is 12.4. The van der Waals surface area contributed by atoms with Crippen LogP contribution in [0.1, 0.15) is 25.0 Å². The van der Waals surface area contributed by atoms with Gasteiger partial charge in [0.2, 0.25) is 0 Å². The molecule has 0 aliphatic carbocycles. The molecule has 0 unspecified atom stereocenters. The highest BCUT2D eigenvalue weighted by molar-refractivity contribution is 6.13. The van der Waals surface area contributed by atoms with E-state index in [-0.39, 0.29) is 18.1 Å². The van der Waals surface area contributed by atoms with Crippen LogP contribution in [0.15, 0.2) is 65.8 Å². The first kappa shape index (κ1) is 18.3. The van der Waals surface area contributed by atoms with Crippen molar-refractivity contribution in [1.29, 1.82) is 0 Å². The highest BCUT2D eigenvalue weighted by Gasteiger charge is 2.23. The van der Waals surface area contributed by atoms with Crippen LogP contribution >= 0.6 is 0 Å². The molecule has 5 heteroatoms. The molecule has 0 saturated carbocycles. The number of amides is 1. The molecule has 2 aromatic carbocycles. The van der Waals surface area contributed by atoms with Crippen molar-refractivity contribution in [3.63, 3.8) is 0 Å². The highest BCUT2D eigenvalue weighted by atomic mass is 16.5. The van der Waals surface area contributed by atoms with Gasteiger partial charge in [0.15, 0.2) is 0 Å². The maximum Gasteiger partial charge on any atom is 0.254 e. The second-order valence-corrected chi connectivity index (χ2v) is 6.68. The Morgan fingerprint density at radius 1 is 1.00 bits per heavy atom. The Labute approximate surface area is 154 Å². The summed E-state index contributed by atoms with van der Waals surface area (Å²) in [5.74, 6) is -0.115. The minimum atomic E-state index is -0.115. The van der Waals surface area contributed by atoms with Crippen LogP contribution in [0.2, 0.25) is 0 Å². The number of hydrazone groups is 1. The van der Waals surface area contributed by atoms with Crippen LogP contribution in [0.4, 0.5) is 0 Å². The van der Waals surface area contributed by atoms with Gasteiger partial charge in [-0.05, 0) is 13.8 Å². The van der Waals surface area contributed by atoms with E-state index in [1.54, 1.807) is 0 Å². The van der Waals surface area contributed by atoms with Crippen molar-refractivity contribution < 1.29 is 9.53 Å². The van der Waals surface area contributed by atoms with Crippen molar-refractivity contribution in [3.8, 4) is 0 Å². The first-order valence-corrected chi connectivity index (χ1v) is 8.97. The summed E-state index contributed by atoms with van der Waals surface area (Å²) in [6.45, 7) is 5.89. The van der Waals surface area contributed by atoms with E-state index < -0.39 is 0 Å². The Bertz CT molecular complexity index is 695. The third kappa shape index (κ3) is 5.00. The smallest absolute Gasteiger partial charge is 0.254 e. The number of rotatable bonds is 5. The van der Waals surface area contributed by atoms with Crippen LogP contribution < -0.4 is 5.43 Å². The van der Waals surface area contributed by atoms with E-state index >= 15 is 0 Å². The molecule has 1 saturated heterocycles. The lowest BCUT2D eigenvalue weighted by molar-refractivity contribution is -0.125. The molecule has 136 valence electrons. The summed E-state index contributed by atoms with van der Waals surface area (Å²) in [7, 11) is 0. The van der Waals surface area contributed by atoms with Gasteiger partial charge in [0.25, 0.3) is 5.91 Å². The summed E-state index contributed by atoms with van der Waals surface area (Å²) >= 11 is 0. The van der Waals surface area contributed by atoms with E-state index in [2.05, 4.69) is 15.4 Å². The molecule has 1 fully saturated rings. The Morgan fingerprint density at radius 2 is 1.50 bits per heavy atom. The van der Waals surface area contributed by atoms with Gasteiger partial charge in [-0.1, -0.05) is 60.7 Å². The number of benzene rings is 2. The molecule has 0 spiro atoms. The summed E-state index contributed by atoms with van der Waals surface area (Å²) < 4.78 is 5.71. The number of ether oxygens (including phenoxy) is 1. The first-order valence-electron chi connectivity index (χ1n) is 8.97. The zero-order valence-corrected chi connectivity index (χ0v) is 15.3. The minimum Gasteiger partial charge on any atom is -0.373 e. The van der Waals surface area contributed by atoms with E-state index in [0.717, 1.165) is 29.9 Å². The van der Waals surface area contributed by atoms with Gasteiger partial charge in [0.1, 0.15) is 0 Å². The molecule has 2 atom stereocenters. The van der Waals surface area contributed by atoms with E-state index in [0.29, 0.717) is 6.54 Å². The standard InChI is InChI=1S/C21H25N3O2/c1-16-13-24(14-17(2)26-16)15-20(25)22-23-21(18-9-5-3-6-10-18)19-11-7-4-8-12-19/h3-12,16-17H,13-15H2,1-2H3,(H,22,25)/t16-,17-/m0/s1. The van der Waals surface area contributed by atoms with Gasteiger partial charge in [-0.3, -0.25) is 9.69 Å². The van der Waals surface area contributed by atoms with Crippen molar-refractivity contribution in [2.24, 2.45) is 5.10 Å². The Balaban J connectivity index is 1.71. The van der Waals surface area contributed by atoms with Crippen molar-refractivity contribution in [2.45, 2.75) is 26.1 Å². The van der Waals surface area contributed by atoms with E-state index in [1.165, 1.54) is 0 Å². The summed E-state index contributed by atoms with van der Waals surface area (Å²) in [6, 6.07) is 19.7. The summed E-state index contributed by atoms with van der Waals surface area (Å²) in [6.07, 6.45) is 0.276. The van der Waals surface area contributed by atoms with Gasteiger partial charge >= 0.3 is 0 Å². The average molecular weight is 351 g/mol. The summed E-state index contributed by atoms with van der Waals surface area (Å²) in [5.41, 5.74) is 5.41. The van der Waals surface area contributed by atoms with Crippen LogP contribution in [-0.2, 0) is 9.53 Å². The van der Waals surface area contributed by atoms with Crippen LogP contribution in [-0.4, -0.2) is 48.4 Å². The van der Waals surface area contributed by atoms with E-state index in [4.69, 9.17) is 4.74 Å². The van der Waals surface area contributed by atoms with Crippen LogP contribution in [0.3, 0.4) is 0 Å². The molecule has 0 aromatic heterocycles. The van der Waals surface area contributed by atoms with Gasteiger partial charge in [-0.2, -0.15) is 5.10 Å². The molecule has 0 radical (unpaired) electrons. The second kappa shape index (κ2) is 8.74. The van der Waals surface area contributed by atoms with Gasteiger partial charge in [0, 0.05) is 24.2 Å². The molecule has 1 aliphatic rings.